The van der Waals surface area contributed by atoms with E-state index in [1.54, 1.807) is 6.33 Å². The third kappa shape index (κ3) is 2.26. The van der Waals surface area contributed by atoms with E-state index < -0.39 is 0 Å². The van der Waals surface area contributed by atoms with Crippen LogP contribution in [0.1, 0.15) is 37.0 Å². The highest BCUT2D eigenvalue weighted by atomic mass is 16.1. The maximum Gasteiger partial charge on any atom is 0.251 e. The van der Waals surface area contributed by atoms with E-state index in [2.05, 4.69) is 29.0 Å². The molecule has 0 spiro atoms. The molecule has 23 heavy (non-hydrogen) atoms. The smallest absolute Gasteiger partial charge is 0.251 e. The highest BCUT2D eigenvalue weighted by Crippen LogP contribution is 2.39. The molecule has 1 N–H and O–H groups in total. The van der Waals surface area contributed by atoms with Crippen LogP contribution in [0, 0.1) is 5.92 Å². The van der Waals surface area contributed by atoms with E-state index in [0.717, 1.165) is 24.1 Å². The number of nitrogens with zero attached hydrogens (tertiary/aromatic N) is 3. The Kier molecular flexibility index (Phi) is 3.23. The largest absolute Gasteiger partial charge is 0.347 e. The van der Waals surface area contributed by atoms with E-state index in [4.69, 9.17) is 0 Å². The Bertz CT molecular complexity index is 755. The number of nitrogens with one attached hydrogen (secondary N) is 1. The molecule has 3 fully saturated rings. The fraction of sp³-hybridized carbons (Fsp3) is 0.556. The van der Waals surface area contributed by atoms with Gasteiger partial charge in [0, 0.05) is 24.2 Å². The van der Waals surface area contributed by atoms with Crippen molar-refractivity contribution >= 4 is 16.9 Å². The van der Waals surface area contributed by atoms with Crippen LogP contribution in [0.15, 0.2) is 24.5 Å². The molecule has 5 heteroatoms. The number of carbonyl (C=O) groups excluding carboxylic acids is 1. The van der Waals surface area contributed by atoms with Gasteiger partial charge in [-0.25, -0.2) is 4.98 Å². The van der Waals surface area contributed by atoms with Gasteiger partial charge in [-0.1, -0.05) is 0 Å². The second-order valence-electron chi connectivity index (χ2n) is 7.49. The van der Waals surface area contributed by atoms with Crippen molar-refractivity contribution in [3.63, 3.8) is 0 Å². The second-order valence-corrected chi connectivity index (χ2v) is 7.49. The molecular formula is C18H24N4O. The Morgan fingerprint density at radius 2 is 2.04 bits per heavy atom. The van der Waals surface area contributed by atoms with Gasteiger partial charge in [0.15, 0.2) is 0 Å². The minimum absolute atomic E-state index is 0.0179. The van der Waals surface area contributed by atoms with Crippen molar-refractivity contribution in [2.45, 2.75) is 38.3 Å². The standard InChI is InChI=1S/C18H24N4O/c1-18(2)16(12-6-8-22(18)9-7-12)20-17(23)13-4-5-15-14(10-13)19-11-21(15)3/h4-5,10-12,16H,6-9H2,1-3H3,(H,20,23)/t16-/m0/s1. The molecule has 0 radical (unpaired) electrons. The number of rotatable bonds is 2. The molecule has 1 amide bonds. The topological polar surface area (TPSA) is 50.2 Å². The molecule has 1 aromatic heterocycles. The molecule has 0 saturated carbocycles. The van der Waals surface area contributed by atoms with E-state index >= 15 is 0 Å². The van der Waals surface area contributed by atoms with Crippen LogP contribution in [0.2, 0.25) is 0 Å². The van der Waals surface area contributed by atoms with Gasteiger partial charge in [0.2, 0.25) is 0 Å². The molecule has 3 saturated heterocycles. The number of aryl methyl sites for hydroxylation is 1. The summed E-state index contributed by atoms with van der Waals surface area (Å²) in [6.45, 7) is 6.82. The fourth-order valence-corrected chi connectivity index (χ4v) is 4.38. The molecule has 5 rings (SSSR count). The number of carbonyl (C=O) groups is 1. The molecule has 2 aromatic rings. The monoisotopic (exact) mass is 312 g/mol. The van der Waals surface area contributed by atoms with Gasteiger partial charge in [-0.05, 0) is 63.9 Å². The minimum Gasteiger partial charge on any atom is -0.347 e. The van der Waals surface area contributed by atoms with Crippen LogP contribution in [0.3, 0.4) is 0 Å². The van der Waals surface area contributed by atoms with Gasteiger partial charge in [0.25, 0.3) is 5.91 Å². The minimum atomic E-state index is 0.0179. The quantitative estimate of drug-likeness (QED) is 0.924. The third-order valence-electron chi connectivity index (χ3n) is 5.86. The fourth-order valence-electron chi connectivity index (χ4n) is 4.38. The van der Waals surface area contributed by atoms with Crippen LogP contribution in [0.5, 0.6) is 0 Å². The highest BCUT2D eigenvalue weighted by Gasteiger charge is 2.48. The molecule has 5 nitrogen and oxygen atoms in total. The number of fused-ring (bicyclic) bond motifs is 4. The Hall–Kier alpha value is -1.88. The lowest BCUT2D eigenvalue weighted by molar-refractivity contribution is -0.0378. The van der Waals surface area contributed by atoms with Crippen LogP contribution in [0.4, 0.5) is 0 Å². The molecule has 122 valence electrons. The summed E-state index contributed by atoms with van der Waals surface area (Å²) >= 11 is 0. The summed E-state index contributed by atoms with van der Waals surface area (Å²) < 4.78 is 1.97. The van der Waals surface area contributed by atoms with Gasteiger partial charge >= 0.3 is 0 Å². The first-order valence-electron chi connectivity index (χ1n) is 8.44. The average molecular weight is 312 g/mol. The first kappa shape index (κ1) is 14.7. The average Bonchev–Trinajstić information content (AvgIpc) is 2.92. The first-order valence-corrected chi connectivity index (χ1v) is 8.44. The van der Waals surface area contributed by atoms with Crippen LogP contribution in [-0.2, 0) is 7.05 Å². The van der Waals surface area contributed by atoms with Crippen molar-refractivity contribution in [3.8, 4) is 0 Å². The zero-order valence-corrected chi connectivity index (χ0v) is 14.0. The first-order chi connectivity index (χ1) is 11.0. The normalized spacial score (nSPS) is 28.9. The molecular weight excluding hydrogens is 288 g/mol. The Labute approximate surface area is 136 Å². The molecule has 2 bridgehead atoms. The van der Waals surface area contributed by atoms with Crippen LogP contribution in [-0.4, -0.2) is 45.0 Å². The predicted octanol–water partition coefficient (Wildman–Crippen LogP) is 2.18. The molecule has 3 aliphatic heterocycles. The summed E-state index contributed by atoms with van der Waals surface area (Å²) in [5.74, 6) is 0.613. The summed E-state index contributed by atoms with van der Waals surface area (Å²) in [7, 11) is 1.96. The number of imidazole rings is 1. The third-order valence-corrected chi connectivity index (χ3v) is 5.86. The van der Waals surface area contributed by atoms with Gasteiger partial charge in [0.05, 0.1) is 17.4 Å². The van der Waals surface area contributed by atoms with E-state index in [1.165, 1.54) is 12.8 Å². The van der Waals surface area contributed by atoms with Crippen molar-refractivity contribution in [2.75, 3.05) is 13.1 Å². The number of aromatic nitrogens is 2. The number of amides is 1. The lowest BCUT2D eigenvalue weighted by atomic mass is 9.72. The number of hydrogen-bond acceptors (Lipinski definition) is 3. The zero-order valence-electron chi connectivity index (χ0n) is 14.0. The lowest BCUT2D eigenvalue weighted by Gasteiger charge is -2.56. The molecule has 1 atom stereocenters. The maximum atomic E-state index is 12.8. The van der Waals surface area contributed by atoms with Crippen molar-refractivity contribution in [1.29, 1.82) is 0 Å². The Morgan fingerprint density at radius 3 is 2.74 bits per heavy atom. The van der Waals surface area contributed by atoms with Crippen molar-refractivity contribution in [1.82, 2.24) is 19.8 Å². The van der Waals surface area contributed by atoms with E-state index in [9.17, 15) is 4.79 Å². The number of benzene rings is 1. The van der Waals surface area contributed by atoms with E-state index in [-0.39, 0.29) is 17.5 Å². The molecule has 0 aliphatic carbocycles. The summed E-state index contributed by atoms with van der Waals surface area (Å²) in [4.78, 5) is 19.6. The SMILES string of the molecule is Cn1cnc2cc(C(=O)N[C@H]3C4CCN(CC4)C3(C)C)ccc21. The van der Waals surface area contributed by atoms with Crippen molar-refractivity contribution in [2.24, 2.45) is 13.0 Å². The van der Waals surface area contributed by atoms with Crippen LogP contribution < -0.4 is 5.32 Å². The van der Waals surface area contributed by atoms with Gasteiger partial charge in [-0.3, -0.25) is 9.69 Å². The summed E-state index contributed by atoms with van der Waals surface area (Å²) in [6.07, 6.45) is 4.16. The van der Waals surface area contributed by atoms with Crippen LogP contribution >= 0.6 is 0 Å². The lowest BCUT2D eigenvalue weighted by Crippen LogP contribution is -2.69. The molecule has 4 heterocycles. The Morgan fingerprint density at radius 1 is 1.30 bits per heavy atom. The molecule has 0 unspecified atom stereocenters. The zero-order chi connectivity index (χ0) is 16.2. The number of piperidine rings is 3. The number of hydrogen-bond donors (Lipinski definition) is 1. The highest BCUT2D eigenvalue weighted by molar-refractivity contribution is 5.97. The van der Waals surface area contributed by atoms with Crippen molar-refractivity contribution in [3.05, 3.63) is 30.1 Å². The van der Waals surface area contributed by atoms with Gasteiger partial charge in [-0.15, -0.1) is 0 Å². The second kappa shape index (κ2) is 5.06. The van der Waals surface area contributed by atoms with Gasteiger partial charge in [-0.2, -0.15) is 0 Å². The molecule has 1 aromatic carbocycles. The van der Waals surface area contributed by atoms with Crippen molar-refractivity contribution < 1.29 is 4.79 Å². The van der Waals surface area contributed by atoms with E-state index in [1.807, 2.05) is 29.8 Å². The predicted molar refractivity (Wildman–Crippen MR) is 90.3 cm³/mol. The summed E-state index contributed by atoms with van der Waals surface area (Å²) in [5, 5.41) is 3.31. The summed E-state index contributed by atoms with van der Waals surface area (Å²) in [5.41, 5.74) is 2.65. The van der Waals surface area contributed by atoms with E-state index in [0.29, 0.717) is 11.5 Å². The molecule has 3 aliphatic rings. The summed E-state index contributed by atoms with van der Waals surface area (Å²) in [6, 6.07) is 5.97. The Balaban J connectivity index is 1.59. The van der Waals surface area contributed by atoms with Gasteiger partial charge in [0.1, 0.15) is 0 Å². The van der Waals surface area contributed by atoms with Gasteiger partial charge < -0.3 is 9.88 Å². The van der Waals surface area contributed by atoms with Crippen LogP contribution in [0.25, 0.3) is 11.0 Å². The maximum absolute atomic E-state index is 12.8.